The molecule has 1 aromatic heterocycles. The number of pyridine rings is 1. The molecule has 0 saturated heterocycles. The molecule has 1 aromatic rings. The van der Waals surface area contributed by atoms with E-state index in [0.717, 1.165) is 0 Å². The van der Waals surface area contributed by atoms with Crippen LogP contribution in [0.4, 0.5) is 0 Å². The van der Waals surface area contributed by atoms with E-state index in [1.807, 2.05) is 0 Å². The molecule has 0 aliphatic heterocycles. The fourth-order valence-corrected chi connectivity index (χ4v) is 2.19. The van der Waals surface area contributed by atoms with Gasteiger partial charge in [-0.1, -0.05) is 11.8 Å². The number of ether oxygens (including phenoxy) is 1. The second-order valence-corrected chi connectivity index (χ2v) is 5.31. The molecule has 20 heavy (non-hydrogen) atoms. The van der Waals surface area contributed by atoms with E-state index in [0.29, 0.717) is 5.56 Å². The minimum absolute atomic E-state index is 0.0781. The maximum absolute atomic E-state index is 11.9. The van der Waals surface area contributed by atoms with Crippen LogP contribution in [-0.2, 0) is 19.6 Å². The molecule has 1 heterocycles. The lowest BCUT2D eigenvalue weighted by molar-refractivity contribution is -0.141. The van der Waals surface area contributed by atoms with Crippen LogP contribution >= 0.6 is 0 Å². The van der Waals surface area contributed by atoms with E-state index in [-0.39, 0.29) is 18.0 Å². The monoisotopic (exact) mass is 297 g/mol. The van der Waals surface area contributed by atoms with Crippen molar-refractivity contribution in [3.05, 3.63) is 24.0 Å². The van der Waals surface area contributed by atoms with E-state index in [1.54, 1.807) is 6.92 Å². The molecular weight excluding hydrogens is 282 g/mol. The molecule has 3 N–H and O–H groups in total. The Hall–Kier alpha value is -1.95. The Morgan fingerprint density at radius 3 is 2.90 bits per heavy atom. The van der Waals surface area contributed by atoms with Gasteiger partial charge in [-0.25, -0.2) is 8.42 Å². The van der Waals surface area contributed by atoms with Crippen LogP contribution in [0.15, 0.2) is 23.4 Å². The fourth-order valence-electron chi connectivity index (χ4n) is 1.24. The summed E-state index contributed by atoms with van der Waals surface area (Å²) in [5.41, 5.74) is 5.66. The predicted molar refractivity (Wildman–Crippen MR) is 72.0 cm³/mol. The number of esters is 1. The molecule has 108 valence electrons. The Morgan fingerprint density at radius 2 is 2.25 bits per heavy atom. The highest BCUT2D eigenvalue weighted by Gasteiger charge is 2.16. The van der Waals surface area contributed by atoms with Gasteiger partial charge in [0.15, 0.2) is 0 Å². The van der Waals surface area contributed by atoms with Crippen LogP contribution in [0.25, 0.3) is 0 Å². The van der Waals surface area contributed by atoms with Crippen molar-refractivity contribution < 1.29 is 17.9 Å². The van der Waals surface area contributed by atoms with E-state index in [4.69, 9.17) is 5.73 Å². The number of carbonyl (C=O) groups excluding carboxylic acids is 1. The van der Waals surface area contributed by atoms with Gasteiger partial charge in [-0.15, -0.1) is 0 Å². The first-order chi connectivity index (χ1) is 9.49. The van der Waals surface area contributed by atoms with E-state index in [1.165, 1.54) is 18.5 Å². The van der Waals surface area contributed by atoms with Gasteiger partial charge in [0.25, 0.3) is 0 Å². The summed E-state index contributed by atoms with van der Waals surface area (Å²) in [4.78, 5) is 14.8. The predicted octanol–water partition coefficient (Wildman–Crippen LogP) is -0.767. The zero-order valence-corrected chi connectivity index (χ0v) is 11.7. The molecule has 0 aromatic carbocycles. The number of aromatic nitrogens is 1. The number of hydrogen-bond acceptors (Lipinski definition) is 6. The van der Waals surface area contributed by atoms with Crippen molar-refractivity contribution in [1.82, 2.24) is 9.71 Å². The van der Waals surface area contributed by atoms with Gasteiger partial charge in [0, 0.05) is 18.0 Å². The average molecular weight is 297 g/mol. The van der Waals surface area contributed by atoms with Crippen molar-refractivity contribution in [1.29, 1.82) is 0 Å². The molecule has 8 heteroatoms. The molecule has 1 rings (SSSR count). The maximum atomic E-state index is 11.9. The minimum Gasteiger partial charge on any atom is -0.465 e. The van der Waals surface area contributed by atoms with Crippen molar-refractivity contribution in [3.63, 3.8) is 0 Å². The first kappa shape index (κ1) is 16.1. The van der Waals surface area contributed by atoms with Crippen LogP contribution in [0.2, 0.25) is 0 Å². The molecule has 0 atom stereocenters. The molecule has 0 aliphatic rings. The van der Waals surface area contributed by atoms with Gasteiger partial charge in [0.2, 0.25) is 10.0 Å². The summed E-state index contributed by atoms with van der Waals surface area (Å²) in [7, 11) is -3.83. The third-order valence-corrected chi connectivity index (χ3v) is 3.44. The Kier molecular flexibility index (Phi) is 6.11. The molecular formula is C12H15N3O4S. The van der Waals surface area contributed by atoms with Crippen molar-refractivity contribution in [2.24, 2.45) is 5.73 Å². The average Bonchev–Trinajstić information content (AvgIpc) is 2.44. The number of nitrogens with zero attached hydrogens (tertiary/aromatic N) is 1. The van der Waals surface area contributed by atoms with Crippen molar-refractivity contribution in [3.8, 4) is 11.8 Å². The molecule has 0 amide bonds. The highest BCUT2D eigenvalue weighted by Crippen LogP contribution is 2.08. The molecule has 0 saturated carbocycles. The number of nitrogens with two attached hydrogens (primary N) is 1. The topological polar surface area (TPSA) is 111 Å². The summed E-state index contributed by atoms with van der Waals surface area (Å²) >= 11 is 0. The fraction of sp³-hybridized carbons (Fsp3) is 0.333. The van der Waals surface area contributed by atoms with Gasteiger partial charge in [0.1, 0.15) is 11.4 Å². The highest BCUT2D eigenvalue weighted by atomic mass is 32.2. The van der Waals surface area contributed by atoms with Crippen molar-refractivity contribution >= 4 is 16.0 Å². The summed E-state index contributed by atoms with van der Waals surface area (Å²) in [6.45, 7) is 1.55. The van der Waals surface area contributed by atoms with Crippen LogP contribution in [0.1, 0.15) is 12.5 Å². The number of hydrogen-bond donors (Lipinski definition) is 2. The van der Waals surface area contributed by atoms with Crippen LogP contribution in [-0.4, -0.2) is 39.1 Å². The van der Waals surface area contributed by atoms with E-state index < -0.39 is 22.5 Å². The summed E-state index contributed by atoms with van der Waals surface area (Å²) in [6.07, 6.45) is 2.59. The first-order valence-corrected chi connectivity index (χ1v) is 7.27. The highest BCUT2D eigenvalue weighted by molar-refractivity contribution is 7.89. The second kappa shape index (κ2) is 7.59. The number of sulfonamides is 1. The molecule has 0 unspecified atom stereocenters. The largest absolute Gasteiger partial charge is 0.465 e. The number of carbonyl (C=O) groups is 1. The van der Waals surface area contributed by atoms with Crippen LogP contribution in [0.3, 0.4) is 0 Å². The van der Waals surface area contributed by atoms with Gasteiger partial charge in [0.05, 0.1) is 13.2 Å². The van der Waals surface area contributed by atoms with E-state index >= 15 is 0 Å². The lowest BCUT2D eigenvalue weighted by Gasteiger charge is -2.06. The molecule has 0 spiro atoms. The lowest BCUT2D eigenvalue weighted by Crippen LogP contribution is -2.30. The summed E-state index contributed by atoms with van der Waals surface area (Å²) in [6, 6.07) is 1.35. The minimum atomic E-state index is -3.83. The summed E-state index contributed by atoms with van der Waals surface area (Å²) in [5.74, 6) is 4.63. The molecule has 0 aliphatic carbocycles. The standard InChI is InChI=1S/C12H15N3O4S/c1-2-19-12(16)9-15-20(17,18)11-6-10(4-3-5-13)7-14-8-11/h6-8,15H,2,5,9,13H2,1H3. The first-order valence-electron chi connectivity index (χ1n) is 5.79. The molecule has 0 fully saturated rings. The zero-order valence-electron chi connectivity index (χ0n) is 10.9. The zero-order chi connectivity index (χ0) is 15.0. The maximum Gasteiger partial charge on any atom is 0.321 e. The number of nitrogens with one attached hydrogen (secondary N) is 1. The molecule has 0 bridgehead atoms. The van der Waals surface area contributed by atoms with Gasteiger partial charge >= 0.3 is 5.97 Å². The van der Waals surface area contributed by atoms with Crippen LogP contribution in [0, 0.1) is 11.8 Å². The third-order valence-electron chi connectivity index (χ3n) is 2.07. The van der Waals surface area contributed by atoms with Crippen LogP contribution in [0.5, 0.6) is 0 Å². The molecule has 7 nitrogen and oxygen atoms in total. The quantitative estimate of drug-likeness (QED) is 0.545. The van der Waals surface area contributed by atoms with Gasteiger partial charge < -0.3 is 10.5 Å². The smallest absolute Gasteiger partial charge is 0.321 e. The van der Waals surface area contributed by atoms with E-state index in [2.05, 4.69) is 26.3 Å². The Labute approximate surface area is 117 Å². The van der Waals surface area contributed by atoms with Crippen LogP contribution < -0.4 is 10.5 Å². The second-order valence-electron chi connectivity index (χ2n) is 3.54. The Bertz CT molecular complexity index is 632. The van der Waals surface area contributed by atoms with Crippen molar-refractivity contribution in [2.45, 2.75) is 11.8 Å². The van der Waals surface area contributed by atoms with Gasteiger partial charge in [-0.2, -0.15) is 4.72 Å². The summed E-state index contributed by atoms with van der Waals surface area (Å²) in [5, 5.41) is 0. The SMILES string of the molecule is CCOC(=O)CNS(=O)(=O)c1cncc(C#CCN)c1. The van der Waals surface area contributed by atoms with Gasteiger partial charge in [-0.3, -0.25) is 9.78 Å². The normalized spacial score (nSPS) is 10.5. The van der Waals surface area contributed by atoms with Crippen molar-refractivity contribution in [2.75, 3.05) is 19.7 Å². The van der Waals surface area contributed by atoms with Gasteiger partial charge in [-0.05, 0) is 13.0 Å². The Balaban J connectivity index is 2.84. The Morgan fingerprint density at radius 1 is 1.50 bits per heavy atom. The lowest BCUT2D eigenvalue weighted by atomic mass is 10.3. The number of rotatable bonds is 5. The van der Waals surface area contributed by atoms with E-state index in [9.17, 15) is 13.2 Å². The summed E-state index contributed by atoms with van der Waals surface area (Å²) < 4.78 is 30.6. The molecule has 0 radical (unpaired) electrons. The third kappa shape index (κ3) is 4.97.